The van der Waals surface area contributed by atoms with E-state index in [4.69, 9.17) is 0 Å². The predicted molar refractivity (Wildman–Crippen MR) is 62.2 cm³/mol. The van der Waals surface area contributed by atoms with Crippen LogP contribution >= 0.6 is 0 Å². The molecule has 2 fully saturated rings. The van der Waals surface area contributed by atoms with Gasteiger partial charge in [0.15, 0.2) is 0 Å². The minimum Gasteiger partial charge on any atom is -0.274 e. The standard InChI is InChI=1S/C13H14N2O2/c16-12-9-5-1-2-6-10(9)13(17)15(12)11-7-3-4-8-14-11/h3-4,7-10H,1-2,5-6H2/t9-,10-/m1/s1. The van der Waals surface area contributed by atoms with Crippen LogP contribution in [0.15, 0.2) is 24.4 Å². The van der Waals surface area contributed by atoms with Crippen LogP contribution in [0, 0.1) is 11.8 Å². The van der Waals surface area contributed by atoms with Gasteiger partial charge in [-0.3, -0.25) is 9.59 Å². The van der Waals surface area contributed by atoms with E-state index in [2.05, 4.69) is 4.98 Å². The fraction of sp³-hybridized carbons (Fsp3) is 0.462. The maximum absolute atomic E-state index is 12.2. The van der Waals surface area contributed by atoms with Gasteiger partial charge in [-0.2, -0.15) is 0 Å². The summed E-state index contributed by atoms with van der Waals surface area (Å²) in [6, 6.07) is 5.29. The van der Waals surface area contributed by atoms with Gasteiger partial charge in [0.2, 0.25) is 11.8 Å². The average Bonchev–Trinajstić information content (AvgIpc) is 2.64. The molecule has 17 heavy (non-hydrogen) atoms. The van der Waals surface area contributed by atoms with Gasteiger partial charge in [0.25, 0.3) is 0 Å². The van der Waals surface area contributed by atoms with Gasteiger partial charge < -0.3 is 0 Å². The zero-order valence-electron chi connectivity index (χ0n) is 9.50. The lowest BCUT2D eigenvalue weighted by molar-refractivity contribution is -0.122. The summed E-state index contributed by atoms with van der Waals surface area (Å²) in [7, 11) is 0. The molecule has 0 radical (unpaired) electrons. The number of carbonyl (C=O) groups excluding carboxylic acids is 2. The van der Waals surface area contributed by atoms with Crippen molar-refractivity contribution in [1.29, 1.82) is 0 Å². The molecule has 2 heterocycles. The molecule has 0 bridgehead atoms. The van der Waals surface area contributed by atoms with E-state index in [1.807, 2.05) is 0 Å². The first kappa shape index (κ1) is 10.4. The molecular formula is C13H14N2O2. The zero-order valence-corrected chi connectivity index (χ0v) is 9.50. The molecule has 2 amide bonds. The summed E-state index contributed by atoms with van der Waals surface area (Å²) in [5.41, 5.74) is 0. The van der Waals surface area contributed by atoms with Crippen LogP contribution < -0.4 is 4.90 Å². The summed E-state index contributed by atoms with van der Waals surface area (Å²) < 4.78 is 0. The maximum atomic E-state index is 12.2. The molecule has 88 valence electrons. The van der Waals surface area contributed by atoms with Crippen molar-refractivity contribution in [3.8, 4) is 0 Å². The second kappa shape index (κ2) is 3.95. The van der Waals surface area contributed by atoms with E-state index in [9.17, 15) is 9.59 Å². The molecule has 0 unspecified atom stereocenters. The van der Waals surface area contributed by atoms with Gasteiger partial charge in [0, 0.05) is 6.20 Å². The van der Waals surface area contributed by atoms with E-state index in [0.29, 0.717) is 5.82 Å². The Balaban J connectivity index is 1.96. The lowest BCUT2D eigenvalue weighted by Gasteiger charge is -2.19. The number of pyridine rings is 1. The van der Waals surface area contributed by atoms with Crippen LogP contribution in [-0.2, 0) is 9.59 Å². The Hall–Kier alpha value is -1.71. The molecule has 0 aromatic carbocycles. The van der Waals surface area contributed by atoms with Crippen LogP contribution in [0.2, 0.25) is 0 Å². The number of aromatic nitrogens is 1. The molecule has 0 spiro atoms. The molecule has 4 nitrogen and oxygen atoms in total. The number of nitrogens with zero attached hydrogens (tertiary/aromatic N) is 2. The van der Waals surface area contributed by atoms with Crippen molar-refractivity contribution >= 4 is 17.6 Å². The van der Waals surface area contributed by atoms with Crippen molar-refractivity contribution in [2.24, 2.45) is 11.8 Å². The van der Waals surface area contributed by atoms with E-state index >= 15 is 0 Å². The molecule has 2 atom stereocenters. The van der Waals surface area contributed by atoms with Crippen molar-refractivity contribution in [2.45, 2.75) is 25.7 Å². The van der Waals surface area contributed by atoms with Gasteiger partial charge >= 0.3 is 0 Å². The van der Waals surface area contributed by atoms with E-state index in [1.165, 1.54) is 4.90 Å². The maximum Gasteiger partial charge on any atom is 0.238 e. The van der Waals surface area contributed by atoms with Crippen molar-refractivity contribution in [3.63, 3.8) is 0 Å². The summed E-state index contributed by atoms with van der Waals surface area (Å²) in [6.07, 6.45) is 5.40. The summed E-state index contributed by atoms with van der Waals surface area (Å²) >= 11 is 0. The fourth-order valence-corrected chi connectivity index (χ4v) is 2.87. The smallest absolute Gasteiger partial charge is 0.238 e. The fourth-order valence-electron chi connectivity index (χ4n) is 2.87. The summed E-state index contributed by atoms with van der Waals surface area (Å²) in [4.78, 5) is 29.8. The third-order valence-corrected chi connectivity index (χ3v) is 3.72. The number of carbonyl (C=O) groups is 2. The number of hydrogen-bond acceptors (Lipinski definition) is 3. The van der Waals surface area contributed by atoms with Gasteiger partial charge in [-0.25, -0.2) is 9.88 Å². The van der Waals surface area contributed by atoms with Crippen LogP contribution in [0.4, 0.5) is 5.82 Å². The first-order valence-corrected chi connectivity index (χ1v) is 6.08. The Bertz CT molecular complexity index is 434. The van der Waals surface area contributed by atoms with Gasteiger partial charge in [0.1, 0.15) is 5.82 Å². The summed E-state index contributed by atoms with van der Waals surface area (Å²) in [5, 5.41) is 0. The first-order valence-electron chi connectivity index (χ1n) is 6.08. The highest BCUT2D eigenvalue weighted by Gasteiger charge is 2.49. The molecular weight excluding hydrogens is 216 g/mol. The molecule has 0 N–H and O–H groups in total. The van der Waals surface area contributed by atoms with Crippen molar-refractivity contribution < 1.29 is 9.59 Å². The number of imide groups is 1. The van der Waals surface area contributed by atoms with Gasteiger partial charge in [-0.1, -0.05) is 18.9 Å². The Morgan fingerprint density at radius 1 is 1.06 bits per heavy atom. The number of fused-ring (bicyclic) bond motifs is 1. The Labute approximate surface area is 99.6 Å². The molecule has 1 aliphatic heterocycles. The quantitative estimate of drug-likeness (QED) is 0.691. The Morgan fingerprint density at radius 3 is 2.24 bits per heavy atom. The van der Waals surface area contributed by atoms with Crippen LogP contribution in [0.1, 0.15) is 25.7 Å². The monoisotopic (exact) mass is 230 g/mol. The lowest BCUT2D eigenvalue weighted by Crippen LogP contribution is -2.31. The highest BCUT2D eigenvalue weighted by atomic mass is 16.2. The number of rotatable bonds is 1. The SMILES string of the molecule is O=C1[C@@H]2CCCC[C@H]2C(=O)N1c1ccccn1. The van der Waals surface area contributed by atoms with Gasteiger partial charge in [-0.05, 0) is 25.0 Å². The normalized spacial score (nSPS) is 28.4. The third-order valence-electron chi connectivity index (χ3n) is 3.72. The van der Waals surface area contributed by atoms with Gasteiger partial charge in [-0.15, -0.1) is 0 Å². The van der Waals surface area contributed by atoms with Crippen molar-refractivity contribution in [1.82, 2.24) is 4.98 Å². The van der Waals surface area contributed by atoms with E-state index in [0.717, 1.165) is 25.7 Å². The van der Waals surface area contributed by atoms with Gasteiger partial charge in [0.05, 0.1) is 11.8 Å². The third kappa shape index (κ3) is 1.55. The minimum absolute atomic E-state index is 0.0570. The van der Waals surface area contributed by atoms with Crippen LogP contribution in [0.3, 0.4) is 0 Å². The van der Waals surface area contributed by atoms with E-state index < -0.39 is 0 Å². The molecule has 2 aliphatic rings. The van der Waals surface area contributed by atoms with Crippen LogP contribution in [0.25, 0.3) is 0 Å². The zero-order chi connectivity index (χ0) is 11.8. The topological polar surface area (TPSA) is 50.3 Å². The molecule has 1 saturated heterocycles. The second-order valence-corrected chi connectivity index (χ2v) is 4.70. The van der Waals surface area contributed by atoms with Crippen molar-refractivity contribution in [3.05, 3.63) is 24.4 Å². The average molecular weight is 230 g/mol. The molecule has 3 rings (SSSR count). The summed E-state index contributed by atoms with van der Waals surface area (Å²) in [6.45, 7) is 0. The molecule has 1 aromatic heterocycles. The predicted octanol–water partition coefficient (Wildman–Crippen LogP) is 1.76. The highest BCUT2D eigenvalue weighted by Crippen LogP contribution is 2.39. The van der Waals surface area contributed by atoms with Crippen LogP contribution in [0.5, 0.6) is 0 Å². The molecule has 1 saturated carbocycles. The van der Waals surface area contributed by atoms with Crippen LogP contribution in [-0.4, -0.2) is 16.8 Å². The molecule has 4 heteroatoms. The van der Waals surface area contributed by atoms with E-state index in [-0.39, 0.29) is 23.7 Å². The molecule has 1 aliphatic carbocycles. The summed E-state index contributed by atoms with van der Waals surface area (Å²) in [5.74, 6) is 0.158. The Morgan fingerprint density at radius 2 is 1.71 bits per heavy atom. The highest BCUT2D eigenvalue weighted by molar-refractivity contribution is 6.21. The largest absolute Gasteiger partial charge is 0.274 e. The van der Waals surface area contributed by atoms with E-state index in [1.54, 1.807) is 24.4 Å². The molecule has 1 aromatic rings. The minimum atomic E-state index is -0.0988. The first-order chi connectivity index (χ1) is 8.29. The second-order valence-electron chi connectivity index (χ2n) is 4.70. The number of amides is 2. The van der Waals surface area contributed by atoms with Crippen molar-refractivity contribution in [2.75, 3.05) is 4.90 Å². The Kier molecular flexibility index (Phi) is 2.42. The number of anilines is 1. The lowest BCUT2D eigenvalue weighted by atomic mass is 9.81. The number of hydrogen-bond donors (Lipinski definition) is 0.